The number of nitrogens with zero attached hydrogens (tertiary/aromatic N) is 1. The summed E-state index contributed by atoms with van der Waals surface area (Å²) in [6.45, 7) is 4.37. The van der Waals surface area contributed by atoms with Gasteiger partial charge in [-0.2, -0.15) is 5.10 Å². The Bertz CT molecular complexity index is 1520. The van der Waals surface area contributed by atoms with Crippen LogP contribution in [0.25, 0.3) is 10.9 Å². The number of benzene rings is 3. The van der Waals surface area contributed by atoms with Gasteiger partial charge < -0.3 is 24.5 Å². The summed E-state index contributed by atoms with van der Waals surface area (Å²) in [6.07, 6.45) is 2.78. The van der Waals surface area contributed by atoms with Crippen molar-refractivity contribution in [3.05, 3.63) is 93.6 Å². The molecule has 1 heterocycles. The summed E-state index contributed by atoms with van der Waals surface area (Å²) in [5.41, 5.74) is 5.78. The molecular formula is C30H30Cl2N4O5. The highest BCUT2D eigenvalue weighted by molar-refractivity contribution is 6.32. The molecule has 3 aromatic carbocycles. The van der Waals surface area contributed by atoms with Gasteiger partial charge in [0, 0.05) is 28.5 Å². The van der Waals surface area contributed by atoms with Crippen molar-refractivity contribution in [3.63, 3.8) is 0 Å². The topological polar surface area (TPSA) is 114 Å². The van der Waals surface area contributed by atoms with Crippen LogP contribution in [-0.4, -0.2) is 42.5 Å². The Morgan fingerprint density at radius 3 is 2.56 bits per heavy atom. The van der Waals surface area contributed by atoms with Gasteiger partial charge in [0.1, 0.15) is 12.6 Å². The van der Waals surface area contributed by atoms with E-state index in [4.69, 9.17) is 37.4 Å². The van der Waals surface area contributed by atoms with Crippen molar-refractivity contribution in [2.24, 2.45) is 5.10 Å². The number of amides is 2. The number of hydrogen-bond acceptors (Lipinski definition) is 6. The third-order valence-electron chi connectivity index (χ3n) is 6.00. The molecule has 2 amide bonds. The molecule has 0 aliphatic carbocycles. The lowest BCUT2D eigenvalue weighted by Crippen LogP contribution is -2.47. The first kappa shape index (κ1) is 29.8. The lowest BCUT2D eigenvalue weighted by Gasteiger charge is -2.16. The minimum atomic E-state index is -0.934. The first-order valence-electron chi connectivity index (χ1n) is 13.0. The zero-order chi connectivity index (χ0) is 29.2. The summed E-state index contributed by atoms with van der Waals surface area (Å²) >= 11 is 12.5. The number of carbonyl (C=O) groups is 2. The average Bonchev–Trinajstić information content (AvgIpc) is 3.36. The van der Waals surface area contributed by atoms with Crippen LogP contribution in [0.4, 0.5) is 4.79 Å². The van der Waals surface area contributed by atoms with Gasteiger partial charge >= 0.3 is 6.09 Å². The van der Waals surface area contributed by atoms with E-state index in [1.165, 1.54) is 6.21 Å². The molecule has 0 aliphatic heterocycles. The Balaban J connectivity index is 1.46. The highest BCUT2D eigenvalue weighted by Crippen LogP contribution is 2.37. The van der Waals surface area contributed by atoms with Crippen LogP contribution in [0.15, 0.2) is 72.0 Å². The summed E-state index contributed by atoms with van der Waals surface area (Å²) in [5.74, 6) is 0.309. The van der Waals surface area contributed by atoms with Crippen LogP contribution in [0.1, 0.15) is 30.5 Å². The summed E-state index contributed by atoms with van der Waals surface area (Å²) < 4.78 is 16.7. The molecule has 0 saturated heterocycles. The van der Waals surface area contributed by atoms with Crippen molar-refractivity contribution in [1.29, 1.82) is 0 Å². The van der Waals surface area contributed by atoms with Gasteiger partial charge in [-0.1, -0.05) is 53.5 Å². The number of fused-ring (bicyclic) bond motifs is 1. The highest BCUT2D eigenvalue weighted by atomic mass is 35.5. The molecular weight excluding hydrogens is 567 g/mol. The van der Waals surface area contributed by atoms with Gasteiger partial charge in [0.05, 0.1) is 24.5 Å². The van der Waals surface area contributed by atoms with Gasteiger partial charge in [-0.15, -0.1) is 0 Å². The average molecular weight is 597 g/mol. The minimum Gasteiger partial charge on any atom is -0.490 e. The van der Waals surface area contributed by atoms with Gasteiger partial charge in [0.25, 0.3) is 5.91 Å². The molecule has 0 bridgehead atoms. The fourth-order valence-electron chi connectivity index (χ4n) is 4.09. The van der Waals surface area contributed by atoms with Gasteiger partial charge in [0.2, 0.25) is 0 Å². The predicted molar refractivity (Wildman–Crippen MR) is 160 cm³/mol. The summed E-state index contributed by atoms with van der Waals surface area (Å²) in [7, 11) is 0. The Morgan fingerprint density at radius 1 is 1.02 bits per heavy atom. The zero-order valence-corrected chi connectivity index (χ0v) is 24.1. The number of rotatable bonds is 12. The molecule has 0 unspecified atom stereocenters. The predicted octanol–water partition coefficient (Wildman–Crippen LogP) is 6.26. The van der Waals surface area contributed by atoms with Crippen molar-refractivity contribution < 1.29 is 23.8 Å². The maximum Gasteiger partial charge on any atom is 0.407 e. The molecule has 11 heteroatoms. The number of alkyl carbamates (subject to hydrolysis) is 1. The van der Waals surface area contributed by atoms with E-state index in [9.17, 15) is 9.59 Å². The standard InChI is InChI=1S/C30H30Cl2N4O5/c1-3-39-27-14-20(13-24(32)28(27)41-18-19-9-11-22(31)12-10-19)16-34-36-29(37)26(35-30(38)40-4-2)15-21-17-33-25-8-6-5-7-23(21)25/h5-14,16-17,26,33H,3-4,15,18H2,1-2H3,(H,35,38)(H,36,37)/b34-16-/t26-/m1/s1. The number of ether oxygens (including phenoxy) is 3. The monoisotopic (exact) mass is 596 g/mol. The number of nitrogens with one attached hydrogen (secondary N) is 3. The third kappa shape index (κ3) is 8.15. The Labute approximate surface area is 247 Å². The second-order valence-electron chi connectivity index (χ2n) is 8.89. The quantitative estimate of drug-likeness (QED) is 0.132. The molecule has 214 valence electrons. The number of para-hydroxylation sites is 1. The van der Waals surface area contributed by atoms with Crippen LogP contribution in [0.5, 0.6) is 11.5 Å². The summed E-state index contributed by atoms with van der Waals surface area (Å²) in [6, 6.07) is 17.4. The Kier molecular flexibility index (Phi) is 10.5. The van der Waals surface area contributed by atoms with Gasteiger partial charge in [-0.25, -0.2) is 10.2 Å². The molecule has 3 N–H and O–H groups in total. The molecule has 4 aromatic rings. The molecule has 0 aliphatic rings. The van der Waals surface area contributed by atoms with Crippen molar-refractivity contribution in [1.82, 2.24) is 15.7 Å². The Morgan fingerprint density at radius 2 is 1.80 bits per heavy atom. The van der Waals surface area contributed by atoms with Crippen LogP contribution >= 0.6 is 23.2 Å². The van der Waals surface area contributed by atoms with E-state index in [1.54, 1.807) is 31.2 Å². The van der Waals surface area contributed by atoms with E-state index in [2.05, 4.69) is 20.8 Å². The highest BCUT2D eigenvalue weighted by Gasteiger charge is 2.23. The summed E-state index contributed by atoms with van der Waals surface area (Å²) in [5, 5.41) is 8.62. The van der Waals surface area contributed by atoms with E-state index in [0.29, 0.717) is 33.7 Å². The fraction of sp³-hybridized carbons (Fsp3) is 0.233. The molecule has 1 aromatic heterocycles. The summed E-state index contributed by atoms with van der Waals surface area (Å²) in [4.78, 5) is 28.4. The molecule has 0 fully saturated rings. The number of aromatic amines is 1. The first-order chi connectivity index (χ1) is 19.9. The molecule has 9 nitrogen and oxygen atoms in total. The molecule has 41 heavy (non-hydrogen) atoms. The van der Waals surface area contributed by atoms with Crippen LogP contribution in [0, 0.1) is 0 Å². The number of carbonyl (C=O) groups excluding carboxylic acids is 2. The van der Waals surface area contributed by atoms with E-state index in [0.717, 1.165) is 22.0 Å². The van der Waals surface area contributed by atoms with Crippen molar-refractivity contribution in [3.8, 4) is 11.5 Å². The van der Waals surface area contributed by atoms with Crippen LogP contribution < -0.4 is 20.2 Å². The fourth-order valence-corrected chi connectivity index (χ4v) is 4.49. The number of aromatic nitrogens is 1. The molecule has 4 rings (SSSR count). The second-order valence-corrected chi connectivity index (χ2v) is 9.74. The van der Waals surface area contributed by atoms with Crippen molar-refractivity contribution >= 4 is 52.3 Å². The SMILES string of the molecule is CCOC(=O)N[C@H](Cc1c[nH]c2ccccc12)C(=O)N/N=C\c1cc(Cl)c(OCc2ccc(Cl)cc2)c(OCC)c1. The number of hydrogen-bond donors (Lipinski definition) is 3. The number of halogens is 2. The normalized spacial score (nSPS) is 11.8. The molecule has 0 spiro atoms. The van der Waals surface area contributed by atoms with E-state index < -0.39 is 18.0 Å². The largest absolute Gasteiger partial charge is 0.490 e. The third-order valence-corrected chi connectivity index (χ3v) is 6.53. The van der Waals surface area contributed by atoms with E-state index in [1.807, 2.05) is 49.5 Å². The van der Waals surface area contributed by atoms with Crippen molar-refractivity contribution in [2.75, 3.05) is 13.2 Å². The maximum absolute atomic E-state index is 13.1. The van der Waals surface area contributed by atoms with E-state index in [-0.39, 0.29) is 19.6 Å². The van der Waals surface area contributed by atoms with Gasteiger partial charge in [-0.3, -0.25) is 4.79 Å². The first-order valence-corrected chi connectivity index (χ1v) is 13.8. The number of H-pyrrole nitrogens is 1. The Hall–Kier alpha value is -4.21. The molecule has 0 saturated carbocycles. The number of hydrazone groups is 1. The van der Waals surface area contributed by atoms with Gasteiger partial charge in [0.15, 0.2) is 11.5 Å². The second kappa shape index (κ2) is 14.4. The minimum absolute atomic E-state index is 0.174. The smallest absolute Gasteiger partial charge is 0.407 e. The zero-order valence-electron chi connectivity index (χ0n) is 22.6. The van der Waals surface area contributed by atoms with Crippen LogP contribution in [-0.2, 0) is 22.6 Å². The lowest BCUT2D eigenvalue weighted by atomic mass is 10.0. The lowest BCUT2D eigenvalue weighted by molar-refractivity contribution is -0.123. The maximum atomic E-state index is 13.1. The molecule has 1 atom stereocenters. The van der Waals surface area contributed by atoms with Crippen molar-refractivity contribution in [2.45, 2.75) is 32.9 Å². The van der Waals surface area contributed by atoms with Crippen LogP contribution in [0.2, 0.25) is 10.0 Å². The van der Waals surface area contributed by atoms with Crippen LogP contribution in [0.3, 0.4) is 0 Å². The van der Waals surface area contributed by atoms with E-state index >= 15 is 0 Å². The molecule has 0 radical (unpaired) electrons. The van der Waals surface area contributed by atoms with Gasteiger partial charge in [-0.05, 0) is 60.9 Å².